The number of piperidine rings is 1. The number of rotatable bonds is 4. The second-order valence-electron chi connectivity index (χ2n) is 6.42. The molecule has 1 aliphatic heterocycles. The average Bonchev–Trinajstić information content (AvgIpc) is 3.12. The molecule has 1 atom stereocenters. The normalized spacial score (nSPS) is 19.0. The van der Waals surface area contributed by atoms with Crippen LogP contribution in [-0.2, 0) is 0 Å². The van der Waals surface area contributed by atoms with Gasteiger partial charge in [0.05, 0.1) is 11.9 Å². The van der Waals surface area contributed by atoms with Crippen molar-refractivity contribution in [2.75, 3.05) is 32.0 Å². The summed E-state index contributed by atoms with van der Waals surface area (Å²) in [6.45, 7) is 3.30. The number of imidazole rings is 1. The number of fused-ring (bicyclic) bond motifs is 1. The first-order chi connectivity index (χ1) is 11.7. The van der Waals surface area contributed by atoms with Crippen LogP contribution in [0.3, 0.4) is 0 Å². The summed E-state index contributed by atoms with van der Waals surface area (Å²) in [4.78, 5) is 7.82. The molecule has 24 heavy (non-hydrogen) atoms. The maximum absolute atomic E-state index is 13.0. The van der Waals surface area contributed by atoms with Crippen LogP contribution in [0.5, 0.6) is 0 Å². The van der Waals surface area contributed by atoms with Crippen molar-refractivity contribution in [1.29, 1.82) is 0 Å². The van der Waals surface area contributed by atoms with Gasteiger partial charge in [0, 0.05) is 18.7 Å². The summed E-state index contributed by atoms with van der Waals surface area (Å²) in [5.41, 5.74) is 1.71. The average molecular weight is 345 g/mol. The largest absolute Gasteiger partial charge is 0.360 e. The van der Waals surface area contributed by atoms with Crippen LogP contribution in [-0.4, -0.2) is 46.2 Å². The zero-order valence-electron chi connectivity index (χ0n) is 13.6. The Morgan fingerprint density at radius 3 is 2.92 bits per heavy atom. The van der Waals surface area contributed by atoms with Crippen LogP contribution in [0, 0.1) is 11.7 Å². The molecule has 5 nitrogen and oxygen atoms in total. The topological polar surface area (TPSA) is 45.5 Å². The number of anilines is 1. The molecule has 0 spiro atoms. The van der Waals surface area contributed by atoms with Crippen LogP contribution in [0.1, 0.15) is 12.8 Å². The maximum atomic E-state index is 13.0. The zero-order chi connectivity index (χ0) is 16.5. The van der Waals surface area contributed by atoms with Gasteiger partial charge in [-0.2, -0.15) is 0 Å². The van der Waals surface area contributed by atoms with Crippen molar-refractivity contribution in [2.24, 2.45) is 5.92 Å². The third kappa shape index (κ3) is 3.27. The standard InChI is InChI=1S/C17H20FN5S/c1-22-8-2-3-12(10-22)9-19-16-21-23-11-15(20-17(23)24-16)13-4-6-14(18)7-5-13/h4-7,11-12H,2-3,8-10H2,1H3,(H,19,21). The van der Waals surface area contributed by atoms with E-state index in [1.54, 1.807) is 28.0 Å². The molecular weight excluding hydrogens is 325 g/mol. The molecule has 1 aliphatic rings. The predicted molar refractivity (Wildman–Crippen MR) is 95.0 cm³/mol. The summed E-state index contributed by atoms with van der Waals surface area (Å²) in [5.74, 6) is 0.437. The molecule has 3 aromatic rings. The number of hydrogen-bond donors (Lipinski definition) is 1. The molecule has 3 heterocycles. The van der Waals surface area contributed by atoms with Gasteiger partial charge in [0.2, 0.25) is 10.1 Å². The van der Waals surface area contributed by atoms with Crippen LogP contribution in [0.2, 0.25) is 0 Å². The minimum absolute atomic E-state index is 0.238. The lowest BCUT2D eigenvalue weighted by Gasteiger charge is -2.29. The minimum Gasteiger partial charge on any atom is -0.360 e. The Balaban J connectivity index is 1.44. The van der Waals surface area contributed by atoms with Gasteiger partial charge in [0.25, 0.3) is 0 Å². The molecule has 1 aromatic carbocycles. The maximum Gasteiger partial charge on any atom is 0.214 e. The van der Waals surface area contributed by atoms with Crippen molar-refractivity contribution in [3.8, 4) is 11.3 Å². The van der Waals surface area contributed by atoms with Gasteiger partial charge in [-0.15, -0.1) is 5.10 Å². The second kappa shape index (κ2) is 6.49. The lowest BCUT2D eigenvalue weighted by molar-refractivity contribution is 0.217. The molecule has 0 aliphatic carbocycles. The van der Waals surface area contributed by atoms with Gasteiger partial charge in [-0.05, 0) is 56.6 Å². The quantitative estimate of drug-likeness (QED) is 0.788. The molecule has 0 radical (unpaired) electrons. The Morgan fingerprint density at radius 2 is 2.17 bits per heavy atom. The molecule has 0 bridgehead atoms. The van der Waals surface area contributed by atoms with Crippen LogP contribution in [0.4, 0.5) is 9.52 Å². The SMILES string of the molecule is CN1CCCC(CNc2nn3cc(-c4ccc(F)cc4)nc3s2)C1. The van der Waals surface area contributed by atoms with E-state index in [-0.39, 0.29) is 5.82 Å². The number of nitrogens with zero attached hydrogens (tertiary/aromatic N) is 4. The third-order valence-corrected chi connectivity index (χ3v) is 5.33. The number of hydrogen-bond acceptors (Lipinski definition) is 5. The minimum atomic E-state index is -0.238. The molecule has 1 saturated heterocycles. The number of benzene rings is 1. The van der Waals surface area contributed by atoms with E-state index in [0.717, 1.165) is 34.4 Å². The summed E-state index contributed by atoms with van der Waals surface area (Å²) in [6, 6.07) is 6.37. The van der Waals surface area contributed by atoms with Crippen molar-refractivity contribution in [1.82, 2.24) is 19.5 Å². The Labute approximate surface area is 144 Å². The van der Waals surface area contributed by atoms with Gasteiger partial charge in [-0.1, -0.05) is 11.3 Å². The van der Waals surface area contributed by atoms with E-state index in [4.69, 9.17) is 0 Å². The Kier molecular flexibility index (Phi) is 4.20. The van der Waals surface area contributed by atoms with Gasteiger partial charge in [0.15, 0.2) is 0 Å². The van der Waals surface area contributed by atoms with E-state index >= 15 is 0 Å². The molecule has 1 N–H and O–H groups in total. The lowest BCUT2D eigenvalue weighted by atomic mass is 9.99. The number of nitrogens with one attached hydrogen (secondary N) is 1. The molecule has 0 amide bonds. The highest BCUT2D eigenvalue weighted by Crippen LogP contribution is 2.25. The van der Waals surface area contributed by atoms with Crippen molar-refractivity contribution in [3.05, 3.63) is 36.3 Å². The monoisotopic (exact) mass is 345 g/mol. The Morgan fingerprint density at radius 1 is 1.33 bits per heavy atom. The van der Waals surface area contributed by atoms with E-state index in [9.17, 15) is 4.39 Å². The lowest BCUT2D eigenvalue weighted by Crippen LogP contribution is -2.35. The third-order valence-electron chi connectivity index (χ3n) is 4.45. The molecule has 126 valence electrons. The van der Waals surface area contributed by atoms with Crippen LogP contribution in [0.15, 0.2) is 30.5 Å². The van der Waals surface area contributed by atoms with Gasteiger partial charge in [-0.3, -0.25) is 0 Å². The molecule has 2 aromatic heterocycles. The highest BCUT2D eigenvalue weighted by atomic mass is 32.1. The van der Waals surface area contributed by atoms with Crippen LogP contribution in [0.25, 0.3) is 16.2 Å². The van der Waals surface area contributed by atoms with Crippen LogP contribution < -0.4 is 5.32 Å². The highest BCUT2D eigenvalue weighted by Gasteiger charge is 2.17. The van der Waals surface area contributed by atoms with Crippen molar-refractivity contribution in [3.63, 3.8) is 0 Å². The van der Waals surface area contributed by atoms with Crippen LogP contribution >= 0.6 is 11.3 Å². The summed E-state index contributed by atoms with van der Waals surface area (Å²) in [7, 11) is 2.18. The smallest absolute Gasteiger partial charge is 0.214 e. The van der Waals surface area contributed by atoms with Crippen molar-refractivity contribution in [2.45, 2.75) is 12.8 Å². The summed E-state index contributed by atoms with van der Waals surface area (Å²) in [6.07, 6.45) is 4.43. The number of halogens is 1. The van der Waals surface area contributed by atoms with Crippen molar-refractivity contribution >= 4 is 21.4 Å². The molecule has 0 saturated carbocycles. The fourth-order valence-electron chi connectivity index (χ4n) is 3.20. The molecular formula is C17H20FN5S. The Bertz CT molecular complexity index is 794. The second-order valence-corrected chi connectivity index (χ2v) is 7.37. The number of aromatic nitrogens is 3. The van der Waals surface area contributed by atoms with Gasteiger partial charge >= 0.3 is 0 Å². The van der Waals surface area contributed by atoms with Crippen molar-refractivity contribution < 1.29 is 4.39 Å². The first-order valence-corrected chi connectivity index (χ1v) is 9.03. The molecule has 1 unspecified atom stereocenters. The van der Waals surface area contributed by atoms with E-state index in [1.165, 1.54) is 31.5 Å². The van der Waals surface area contributed by atoms with E-state index < -0.39 is 0 Å². The van der Waals surface area contributed by atoms with Gasteiger partial charge in [-0.25, -0.2) is 13.9 Å². The van der Waals surface area contributed by atoms with E-state index in [0.29, 0.717) is 5.92 Å². The predicted octanol–water partition coefficient (Wildman–Crippen LogP) is 3.35. The van der Waals surface area contributed by atoms with Gasteiger partial charge in [0.1, 0.15) is 5.82 Å². The molecule has 7 heteroatoms. The molecule has 1 fully saturated rings. The summed E-state index contributed by atoms with van der Waals surface area (Å²) >= 11 is 1.55. The summed E-state index contributed by atoms with van der Waals surface area (Å²) in [5, 5.41) is 8.90. The summed E-state index contributed by atoms with van der Waals surface area (Å²) < 4.78 is 14.8. The van der Waals surface area contributed by atoms with Gasteiger partial charge < -0.3 is 10.2 Å². The van der Waals surface area contributed by atoms with E-state index in [2.05, 4.69) is 27.3 Å². The first-order valence-electron chi connectivity index (χ1n) is 8.22. The molecule has 4 rings (SSSR count). The number of likely N-dealkylation sites (tertiary alicyclic amines) is 1. The first kappa shape index (κ1) is 15.5. The fraction of sp³-hybridized carbons (Fsp3) is 0.412. The Hall–Kier alpha value is -1.99. The van der Waals surface area contributed by atoms with E-state index in [1.807, 2.05) is 6.20 Å². The highest BCUT2D eigenvalue weighted by molar-refractivity contribution is 7.20. The fourth-order valence-corrected chi connectivity index (χ4v) is 3.99. The zero-order valence-corrected chi connectivity index (χ0v) is 14.4.